The maximum Gasteiger partial charge on any atom is 0.270 e. The van der Waals surface area contributed by atoms with Gasteiger partial charge in [0, 0.05) is 25.2 Å². The van der Waals surface area contributed by atoms with E-state index >= 15 is 0 Å². The van der Waals surface area contributed by atoms with Crippen LogP contribution in [0.25, 0.3) is 0 Å². The zero-order valence-electron chi connectivity index (χ0n) is 11.0. The molecule has 1 N–H and O–H groups in total. The van der Waals surface area contributed by atoms with Crippen molar-refractivity contribution in [2.45, 2.75) is 4.90 Å². The van der Waals surface area contributed by atoms with Crippen molar-refractivity contribution in [1.82, 2.24) is 9.62 Å². The van der Waals surface area contributed by atoms with Crippen molar-refractivity contribution in [3.05, 3.63) is 33.3 Å². The summed E-state index contributed by atoms with van der Waals surface area (Å²) in [4.78, 5) is 10.0. The van der Waals surface area contributed by atoms with E-state index in [1.807, 2.05) is 0 Å². The molecule has 0 spiro atoms. The minimum atomic E-state index is -3.80. The summed E-state index contributed by atoms with van der Waals surface area (Å²) < 4.78 is 26.7. The van der Waals surface area contributed by atoms with Gasteiger partial charge in [-0.25, -0.2) is 8.42 Å². The molecule has 0 amide bonds. The summed E-state index contributed by atoms with van der Waals surface area (Å²) in [6.07, 6.45) is 0. The van der Waals surface area contributed by atoms with Crippen molar-refractivity contribution in [1.29, 1.82) is 0 Å². The number of nitro groups is 1. The van der Waals surface area contributed by atoms with Crippen LogP contribution < -0.4 is 5.32 Å². The molecule has 0 unspecified atom stereocenters. The van der Waals surface area contributed by atoms with E-state index < -0.39 is 14.9 Å². The quantitative estimate of drug-likeness (QED) is 0.661. The second kappa shape index (κ2) is 5.20. The number of benzene rings is 1. The first kappa shape index (κ1) is 14.7. The number of nitrogens with zero attached hydrogens (tertiary/aromatic N) is 2. The summed E-state index contributed by atoms with van der Waals surface area (Å²) >= 11 is 5.94. The van der Waals surface area contributed by atoms with Crippen molar-refractivity contribution >= 4 is 27.3 Å². The molecule has 0 bridgehead atoms. The van der Waals surface area contributed by atoms with Gasteiger partial charge in [-0.15, -0.1) is 0 Å². The lowest BCUT2D eigenvalue weighted by molar-refractivity contribution is -0.385. The van der Waals surface area contributed by atoms with Gasteiger partial charge in [0.1, 0.15) is 4.90 Å². The lowest BCUT2D eigenvalue weighted by atomic mass is 10.0. The van der Waals surface area contributed by atoms with Gasteiger partial charge in [-0.1, -0.05) is 11.6 Å². The molecule has 3 rings (SSSR count). The third kappa shape index (κ3) is 2.52. The predicted molar refractivity (Wildman–Crippen MR) is 76.7 cm³/mol. The minimum absolute atomic E-state index is 0.00999. The minimum Gasteiger partial charge on any atom is -0.316 e. The first-order valence-electron chi connectivity index (χ1n) is 6.54. The molecule has 0 saturated carbocycles. The van der Waals surface area contributed by atoms with Gasteiger partial charge >= 0.3 is 0 Å². The van der Waals surface area contributed by atoms with E-state index in [2.05, 4.69) is 5.32 Å². The van der Waals surface area contributed by atoms with Crippen molar-refractivity contribution < 1.29 is 13.3 Å². The van der Waals surface area contributed by atoms with Gasteiger partial charge in [-0.3, -0.25) is 10.1 Å². The topological polar surface area (TPSA) is 92.5 Å². The molecule has 0 aromatic heterocycles. The first-order valence-corrected chi connectivity index (χ1v) is 8.36. The zero-order valence-corrected chi connectivity index (χ0v) is 12.6. The number of nitro benzene ring substituents is 1. The Morgan fingerprint density at radius 1 is 1.29 bits per heavy atom. The highest BCUT2D eigenvalue weighted by molar-refractivity contribution is 7.89. The van der Waals surface area contributed by atoms with Crippen molar-refractivity contribution in [2.75, 3.05) is 26.2 Å². The van der Waals surface area contributed by atoms with E-state index in [9.17, 15) is 18.5 Å². The number of sulfonamides is 1. The van der Waals surface area contributed by atoms with Crippen LogP contribution in [0.15, 0.2) is 23.1 Å². The van der Waals surface area contributed by atoms with E-state index in [-0.39, 0.29) is 15.6 Å². The van der Waals surface area contributed by atoms with Crippen LogP contribution in [0.1, 0.15) is 0 Å². The second-order valence-electron chi connectivity index (χ2n) is 5.37. The maximum atomic E-state index is 12.7. The van der Waals surface area contributed by atoms with Gasteiger partial charge in [-0.05, 0) is 31.0 Å². The highest BCUT2D eigenvalue weighted by Gasteiger charge is 2.42. The highest BCUT2D eigenvalue weighted by Crippen LogP contribution is 2.34. The smallest absolute Gasteiger partial charge is 0.270 e. The Morgan fingerprint density at radius 3 is 2.48 bits per heavy atom. The van der Waals surface area contributed by atoms with Crippen LogP contribution in [-0.4, -0.2) is 43.8 Å². The molecule has 9 heteroatoms. The van der Waals surface area contributed by atoms with Crippen LogP contribution in [0.3, 0.4) is 0 Å². The number of nitrogens with one attached hydrogen (secondary N) is 1. The third-order valence-corrected chi connectivity index (χ3v) is 6.41. The monoisotopic (exact) mass is 331 g/mol. The number of hydrogen-bond donors (Lipinski definition) is 1. The number of fused-ring (bicyclic) bond motifs is 1. The van der Waals surface area contributed by atoms with Crippen LogP contribution in [-0.2, 0) is 10.0 Å². The molecular weight excluding hydrogens is 318 g/mol. The molecule has 1 aromatic rings. The molecule has 21 heavy (non-hydrogen) atoms. The molecule has 2 fully saturated rings. The average molecular weight is 332 g/mol. The van der Waals surface area contributed by atoms with Crippen LogP contribution in [0.5, 0.6) is 0 Å². The fourth-order valence-electron chi connectivity index (χ4n) is 2.95. The molecule has 2 atom stereocenters. The normalized spacial score (nSPS) is 26.0. The Labute approximate surface area is 127 Å². The lowest BCUT2D eigenvalue weighted by Gasteiger charge is -2.18. The van der Waals surface area contributed by atoms with Crippen molar-refractivity contribution in [3.8, 4) is 0 Å². The zero-order chi connectivity index (χ0) is 15.2. The molecule has 7 nitrogen and oxygen atoms in total. The van der Waals surface area contributed by atoms with Gasteiger partial charge in [0.05, 0.1) is 9.95 Å². The third-order valence-electron chi connectivity index (χ3n) is 4.10. The highest BCUT2D eigenvalue weighted by atomic mass is 35.5. The predicted octanol–water partition coefficient (Wildman–Crippen LogP) is 1.09. The van der Waals surface area contributed by atoms with Crippen LogP contribution in [0, 0.1) is 22.0 Å². The SMILES string of the molecule is O=[N+]([O-])c1ccc(Cl)c(S(=O)(=O)N2C[C@H]3CNC[C@H]3C2)c1. The molecular formula is C12H14ClN3O4S. The first-order chi connectivity index (χ1) is 9.89. The van der Waals surface area contributed by atoms with E-state index in [0.29, 0.717) is 24.9 Å². The van der Waals surface area contributed by atoms with Crippen LogP contribution in [0.4, 0.5) is 5.69 Å². The van der Waals surface area contributed by atoms with Gasteiger partial charge in [0.15, 0.2) is 0 Å². The molecule has 2 aliphatic heterocycles. The molecule has 114 valence electrons. The maximum absolute atomic E-state index is 12.7. The van der Waals surface area contributed by atoms with E-state index in [1.54, 1.807) is 0 Å². The summed E-state index contributed by atoms with van der Waals surface area (Å²) in [6, 6.07) is 3.49. The van der Waals surface area contributed by atoms with Crippen LogP contribution >= 0.6 is 11.6 Å². The van der Waals surface area contributed by atoms with Gasteiger partial charge < -0.3 is 5.32 Å². The summed E-state index contributed by atoms with van der Waals surface area (Å²) in [5, 5.41) is 14.1. The van der Waals surface area contributed by atoms with Gasteiger partial charge in [0.2, 0.25) is 10.0 Å². The Balaban J connectivity index is 1.95. The summed E-state index contributed by atoms with van der Waals surface area (Å²) in [7, 11) is -3.80. The average Bonchev–Trinajstić information content (AvgIpc) is 2.99. The second-order valence-corrected chi connectivity index (χ2v) is 7.69. The Morgan fingerprint density at radius 2 is 1.90 bits per heavy atom. The molecule has 0 radical (unpaired) electrons. The van der Waals surface area contributed by atoms with Crippen molar-refractivity contribution in [3.63, 3.8) is 0 Å². The van der Waals surface area contributed by atoms with E-state index in [4.69, 9.17) is 11.6 Å². The largest absolute Gasteiger partial charge is 0.316 e. The fourth-order valence-corrected chi connectivity index (χ4v) is 5.00. The number of hydrogen-bond acceptors (Lipinski definition) is 5. The molecule has 2 heterocycles. The molecule has 1 aromatic carbocycles. The Kier molecular flexibility index (Phi) is 3.64. The van der Waals surface area contributed by atoms with Crippen molar-refractivity contribution in [2.24, 2.45) is 11.8 Å². The number of halogens is 1. The summed E-state index contributed by atoms with van der Waals surface area (Å²) in [5.41, 5.74) is -0.279. The number of non-ortho nitro benzene ring substituents is 1. The van der Waals surface area contributed by atoms with Gasteiger partial charge in [-0.2, -0.15) is 4.31 Å². The Bertz CT molecular complexity index is 682. The fraction of sp³-hybridized carbons (Fsp3) is 0.500. The standard InChI is InChI=1S/C12H14ClN3O4S/c13-11-2-1-10(16(17)18)3-12(11)21(19,20)15-6-8-4-14-5-9(8)7-15/h1-3,8-9,14H,4-7H2/t8-,9+. The molecule has 2 saturated heterocycles. The van der Waals surface area contributed by atoms with Gasteiger partial charge in [0.25, 0.3) is 5.69 Å². The van der Waals surface area contributed by atoms with E-state index in [0.717, 1.165) is 19.2 Å². The number of rotatable bonds is 3. The Hall–Kier alpha value is -1.22. The molecule has 2 aliphatic rings. The van der Waals surface area contributed by atoms with E-state index in [1.165, 1.54) is 16.4 Å². The van der Waals surface area contributed by atoms with Crippen LogP contribution in [0.2, 0.25) is 5.02 Å². The summed E-state index contributed by atoms with van der Waals surface area (Å²) in [5.74, 6) is 0.606. The lowest BCUT2D eigenvalue weighted by Crippen LogP contribution is -2.32. The molecule has 0 aliphatic carbocycles. The summed E-state index contributed by atoms with van der Waals surface area (Å²) in [6.45, 7) is 2.47.